The summed E-state index contributed by atoms with van der Waals surface area (Å²) in [6.07, 6.45) is 0. The fourth-order valence-electron chi connectivity index (χ4n) is 3.72. The third kappa shape index (κ3) is 5.21. The van der Waals surface area contributed by atoms with Gasteiger partial charge in [0, 0.05) is 37.8 Å². The molecule has 2 unspecified atom stereocenters. The molecule has 160 valence electrons. The summed E-state index contributed by atoms with van der Waals surface area (Å²) in [6, 6.07) is 10.2. The zero-order valence-electron chi connectivity index (χ0n) is 17.4. The standard InChI is InChI=1S/C23H26F2N2O3/c1-15-12-27(16(2)11-26(15)13-18-4-6-19(24)7-5-18)23(29)14-30-22-10-20(25)8-9-21(22)17(3)28/h4-10,15-16H,11-14H2,1-3H3. The quantitative estimate of drug-likeness (QED) is 0.675. The van der Waals surface area contributed by atoms with E-state index >= 15 is 0 Å². The Morgan fingerprint density at radius 3 is 2.33 bits per heavy atom. The van der Waals surface area contributed by atoms with Crippen LogP contribution < -0.4 is 4.74 Å². The molecule has 1 saturated heterocycles. The number of rotatable bonds is 6. The molecule has 1 heterocycles. The van der Waals surface area contributed by atoms with Crippen LogP contribution in [0.25, 0.3) is 0 Å². The number of ketones is 1. The summed E-state index contributed by atoms with van der Waals surface area (Å²) in [4.78, 5) is 28.5. The van der Waals surface area contributed by atoms with Gasteiger partial charge in [-0.1, -0.05) is 12.1 Å². The van der Waals surface area contributed by atoms with Crippen molar-refractivity contribution in [3.05, 3.63) is 65.2 Å². The summed E-state index contributed by atoms with van der Waals surface area (Å²) in [5.41, 5.74) is 1.26. The number of ether oxygens (including phenoxy) is 1. The largest absolute Gasteiger partial charge is 0.483 e. The Bertz CT molecular complexity index is 917. The third-order valence-corrected chi connectivity index (χ3v) is 5.41. The van der Waals surface area contributed by atoms with E-state index in [0.717, 1.165) is 11.6 Å². The molecule has 0 saturated carbocycles. The number of hydrogen-bond donors (Lipinski definition) is 0. The lowest BCUT2D eigenvalue weighted by atomic mass is 10.1. The highest BCUT2D eigenvalue weighted by atomic mass is 19.1. The second-order valence-electron chi connectivity index (χ2n) is 7.79. The second kappa shape index (κ2) is 9.34. The van der Waals surface area contributed by atoms with Gasteiger partial charge in [-0.25, -0.2) is 8.78 Å². The van der Waals surface area contributed by atoms with Crippen LogP contribution in [-0.2, 0) is 11.3 Å². The van der Waals surface area contributed by atoms with E-state index in [0.29, 0.717) is 19.6 Å². The minimum Gasteiger partial charge on any atom is -0.483 e. The van der Waals surface area contributed by atoms with Crippen LogP contribution >= 0.6 is 0 Å². The SMILES string of the molecule is CC(=O)c1ccc(F)cc1OCC(=O)N1CC(C)N(Cc2ccc(F)cc2)CC1C. The maximum Gasteiger partial charge on any atom is 0.260 e. The van der Waals surface area contributed by atoms with Crippen molar-refractivity contribution in [3.63, 3.8) is 0 Å². The number of hydrogen-bond acceptors (Lipinski definition) is 4. The minimum atomic E-state index is -0.529. The van der Waals surface area contributed by atoms with Crippen molar-refractivity contribution in [1.82, 2.24) is 9.80 Å². The molecule has 1 aliphatic heterocycles. The first-order chi connectivity index (χ1) is 14.2. The second-order valence-corrected chi connectivity index (χ2v) is 7.79. The van der Waals surface area contributed by atoms with E-state index in [-0.39, 0.29) is 47.5 Å². The number of amides is 1. The van der Waals surface area contributed by atoms with Crippen LogP contribution in [0, 0.1) is 11.6 Å². The monoisotopic (exact) mass is 416 g/mol. The van der Waals surface area contributed by atoms with Gasteiger partial charge in [0.15, 0.2) is 12.4 Å². The Morgan fingerprint density at radius 2 is 1.67 bits per heavy atom. The lowest BCUT2D eigenvalue weighted by molar-refractivity contribution is -0.139. The number of carbonyl (C=O) groups excluding carboxylic acids is 2. The highest BCUT2D eigenvalue weighted by Crippen LogP contribution is 2.22. The van der Waals surface area contributed by atoms with Crippen LogP contribution in [0.5, 0.6) is 5.75 Å². The molecule has 0 spiro atoms. The first-order valence-electron chi connectivity index (χ1n) is 9.96. The van der Waals surface area contributed by atoms with E-state index in [4.69, 9.17) is 4.74 Å². The van der Waals surface area contributed by atoms with E-state index in [1.54, 1.807) is 17.0 Å². The van der Waals surface area contributed by atoms with Crippen molar-refractivity contribution in [1.29, 1.82) is 0 Å². The number of nitrogens with zero attached hydrogens (tertiary/aromatic N) is 2. The predicted molar refractivity (Wildman–Crippen MR) is 109 cm³/mol. The Kier molecular flexibility index (Phi) is 6.82. The van der Waals surface area contributed by atoms with Gasteiger partial charge in [0.25, 0.3) is 5.91 Å². The van der Waals surface area contributed by atoms with Crippen molar-refractivity contribution in [2.45, 2.75) is 39.4 Å². The molecule has 0 radical (unpaired) electrons. The van der Waals surface area contributed by atoms with E-state index in [2.05, 4.69) is 4.90 Å². The summed E-state index contributed by atoms with van der Waals surface area (Å²) >= 11 is 0. The average molecular weight is 416 g/mol. The van der Waals surface area contributed by atoms with Crippen molar-refractivity contribution < 1.29 is 23.1 Å². The minimum absolute atomic E-state index is 0.0439. The normalized spacial score (nSPS) is 19.6. The summed E-state index contributed by atoms with van der Waals surface area (Å²) in [5, 5.41) is 0. The highest BCUT2D eigenvalue weighted by Gasteiger charge is 2.32. The molecule has 0 bridgehead atoms. The van der Waals surface area contributed by atoms with Crippen LogP contribution in [0.15, 0.2) is 42.5 Å². The molecule has 3 rings (SSSR count). The van der Waals surface area contributed by atoms with Gasteiger partial charge in [0.1, 0.15) is 17.4 Å². The fraction of sp³-hybridized carbons (Fsp3) is 0.391. The number of piperazine rings is 1. The molecule has 7 heteroatoms. The molecule has 1 fully saturated rings. The van der Waals surface area contributed by atoms with Crippen LogP contribution in [0.3, 0.4) is 0 Å². The van der Waals surface area contributed by atoms with Gasteiger partial charge in [0.05, 0.1) is 5.56 Å². The van der Waals surface area contributed by atoms with Gasteiger partial charge in [0.2, 0.25) is 0 Å². The number of carbonyl (C=O) groups is 2. The van der Waals surface area contributed by atoms with Crippen molar-refractivity contribution in [3.8, 4) is 5.75 Å². The predicted octanol–water partition coefficient (Wildman–Crippen LogP) is 3.67. The summed E-state index contributed by atoms with van der Waals surface area (Å²) in [5.74, 6) is -1.18. The first-order valence-corrected chi connectivity index (χ1v) is 9.96. The van der Waals surface area contributed by atoms with Crippen molar-refractivity contribution in [2.24, 2.45) is 0 Å². The number of benzene rings is 2. The fourth-order valence-corrected chi connectivity index (χ4v) is 3.72. The number of Topliss-reactive ketones (excluding diaryl/α,β-unsaturated/α-hetero) is 1. The van der Waals surface area contributed by atoms with Gasteiger partial charge < -0.3 is 9.64 Å². The Labute approximate surface area is 175 Å². The van der Waals surface area contributed by atoms with Crippen LogP contribution in [0.4, 0.5) is 8.78 Å². The lowest BCUT2D eigenvalue weighted by Gasteiger charge is -2.44. The molecule has 2 aromatic carbocycles. The Morgan fingerprint density at radius 1 is 1.00 bits per heavy atom. The van der Waals surface area contributed by atoms with E-state index in [1.807, 2.05) is 13.8 Å². The molecular weight excluding hydrogens is 390 g/mol. The van der Waals surface area contributed by atoms with E-state index < -0.39 is 5.82 Å². The lowest BCUT2D eigenvalue weighted by Crippen LogP contribution is -2.58. The van der Waals surface area contributed by atoms with Gasteiger partial charge in [-0.15, -0.1) is 0 Å². The third-order valence-electron chi connectivity index (χ3n) is 5.41. The summed E-state index contributed by atoms with van der Waals surface area (Å²) < 4.78 is 32.2. The molecular formula is C23H26F2N2O3. The topological polar surface area (TPSA) is 49.9 Å². The molecule has 1 aliphatic rings. The van der Waals surface area contributed by atoms with Gasteiger partial charge in [-0.2, -0.15) is 0 Å². The molecule has 1 amide bonds. The zero-order valence-corrected chi connectivity index (χ0v) is 17.4. The number of halogens is 2. The molecule has 30 heavy (non-hydrogen) atoms. The van der Waals surface area contributed by atoms with Gasteiger partial charge in [-0.3, -0.25) is 14.5 Å². The smallest absolute Gasteiger partial charge is 0.260 e. The highest BCUT2D eigenvalue weighted by molar-refractivity contribution is 5.96. The van der Waals surface area contributed by atoms with Gasteiger partial charge >= 0.3 is 0 Å². The van der Waals surface area contributed by atoms with E-state index in [1.165, 1.54) is 31.2 Å². The van der Waals surface area contributed by atoms with Crippen molar-refractivity contribution >= 4 is 11.7 Å². The first kappa shape index (κ1) is 21.9. The van der Waals surface area contributed by atoms with Crippen molar-refractivity contribution in [2.75, 3.05) is 19.7 Å². The molecule has 0 aromatic heterocycles. The zero-order chi connectivity index (χ0) is 21.8. The van der Waals surface area contributed by atoms with Crippen LogP contribution in [0.1, 0.15) is 36.7 Å². The molecule has 0 aliphatic carbocycles. The average Bonchev–Trinajstić information content (AvgIpc) is 2.70. The maximum absolute atomic E-state index is 13.5. The molecule has 0 N–H and O–H groups in total. The summed E-state index contributed by atoms with van der Waals surface area (Å²) in [7, 11) is 0. The van der Waals surface area contributed by atoms with Crippen LogP contribution in [-0.4, -0.2) is 53.3 Å². The van der Waals surface area contributed by atoms with Gasteiger partial charge in [-0.05, 0) is 50.6 Å². The molecule has 2 atom stereocenters. The van der Waals surface area contributed by atoms with E-state index in [9.17, 15) is 18.4 Å². The maximum atomic E-state index is 13.5. The Hall–Kier alpha value is -2.80. The Balaban J connectivity index is 1.61. The summed E-state index contributed by atoms with van der Waals surface area (Å²) in [6.45, 7) is 6.97. The molecule has 2 aromatic rings. The molecule has 5 nitrogen and oxygen atoms in total. The van der Waals surface area contributed by atoms with Crippen LogP contribution in [0.2, 0.25) is 0 Å².